The third-order valence-corrected chi connectivity index (χ3v) is 5.72. The van der Waals surface area contributed by atoms with Crippen LogP contribution in [0.15, 0.2) is 24.3 Å². The van der Waals surface area contributed by atoms with E-state index in [9.17, 15) is 13.2 Å². The van der Waals surface area contributed by atoms with Gasteiger partial charge in [-0.1, -0.05) is 11.6 Å². The number of rotatable bonds is 4. The van der Waals surface area contributed by atoms with Crippen LogP contribution in [0.1, 0.15) is 23.7 Å². The number of carbonyl (C=O) groups excluding carboxylic acids is 1. The summed E-state index contributed by atoms with van der Waals surface area (Å²) >= 11 is 5.73. The zero-order valence-electron chi connectivity index (χ0n) is 10.5. The van der Waals surface area contributed by atoms with Crippen molar-refractivity contribution in [2.24, 2.45) is 0 Å². The van der Waals surface area contributed by atoms with E-state index >= 15 is 0 Å². The average molecular weight is 303 g/mol. The van der Waals surface area contributed by atoms with E-state index in [2.05, 4.69) is 0 Å². The average Bonchev–Trinajstić information content (AvgIpc) is 2.76. The topological polar surface area (TPSA) is 60.4 Å². The van der Waals surface area contributed by atoms with Gasteiger partial charge in [0.25, 0.3) is 0 Å². The third kappa shape index (κ3) is 3.35. The molecule has 19 heavy (non-hydrogen) atoms. The highest BCUT2D eigenvalue weighted by Gasteiger charge is 2.36. The number of ether oxygens (including phenoxy) is 1. The first-order valence-corrected chi connectivity index (χ1v) is 8.11. The second kappa shape index (κ2) is 5.61. The Kier molecular flexibility index (Phi) is 4.28. The highest BCUT2D eigenvalue weighted by molar-refractivity contribution is 7.92. The number of sulfone groups is 1. The summed E-state index contributed by atoms with van der Waals surface area (Å²) in [6.45, 7) is 2.15. The van der Waals surface area contributed by atoms with Gasteiger partial charge in [-0.2, -0.15) is 0 Å². The van der Waals surface area contributed by atoms with Crippen molar-refractivity contribution in [2.45, 2.75) is 24.7 Å². The van der Waals surface area contributed by atoms with Crippen LogP contribution in [-0.2, 0) is 14.6 Å². The monoisotopic (exact) mass is 302 g/mol. The minimum absolute atomic E-state index is 0.344. The van der Waals surface area contributed by atoms with Gasteiger partial charge in [-0.25, -0.2) is 8.42 Å². The molecule has 2 atom stereocenters. The quantitative estimate of drug-likeness (QED) is 0.799. The van der Waals surface area contributed by atoms with Crippen LogP contribution < -0.4 is 0 Å². The van der Waals surface area contributed by atoms with Crippen molar-refractivity contribution in [3.05, 3.63) is 34.9 Å². The van der Waals surface area contributed by atoms with Gasteiger partial charge in [0.15, 0.2) is 15.6 Å². The first-order valence-electron chi connectivity index (χ1n) is 6.02. The van der Waals surface area contributed by atoms with Crippen molar-refractivity contribution in [3.8, 4) is 0 Å². The molecule has 0 N–H and O–H groups in total. The largest absolute Gasteiger partial charge is 0.377 e. The summed E-state index contributed by atoms with van der Waals surface area (Å²) in [6, 6.07) is 6.22. The van der Waals surface area contributed by atoms with Crippen LogP contribution in [0.2, 0.25) is 5.02 Å². The van der Waals surface area contributed by atoms with E-state index in [1.807, 2.05) is 0 Å². The van der Waals surface area contributed by atoms with Crippen LogP contribution in [-0.4, -0.2) is 37.9 Å². The Hall–Kier alpha value is -0.910. The van der Waals surface area contributed by atoms with Gasteiger partial charge in [-0.15, -0.1) is 0 Å². The summed E-state index contributed by atoms with van der Waals surface area (Å²) in [7, 11) is -3.47. The Morgan fingerprint density at radius 3 is 2.53 bits per heavy atom. The highest BCUT2D eigenvalue weighted by atomic mass is 35.5. The molecule has 0 amide bonds. The zero-order valence-corrected chi connectivity index (χ0v) is 12.1. The molecule has 1 fully saturated rings. The molecule has 0 bridgehead atoms. The molecule has 0 saturated carbocycles. The lowest BCUT2D eigenvalue weighted by Gasteiger charge is -2.14. The molecule has 4 nitrogen and oxygen atoms in total. The van der Waals surface area contributed by atoms with Crippen molar-refractivity contribution < 1.29 is 17.9 Å². The summed E-state index contributed by atoms with van der Waals surface area (Å²) in [5, 5.41) is -0.0685. The fraction of sp³-hybridized carbons (Fsp3) is 0.462. The molecular weight excluding hydrogens is 288 g/mol. The maximum atomic E-state index is 12.2. The first-order chi connectivity index (χ1) is 8.90. The lowest BCUT2D eigenvalue weighted by Crippen LogP contribution is -2.32. The molecule has 0 aliphatic carbocycles. The first kappa shape index (κ1) is 14.5. The number of Topliss-reactive ketones (excluding diaryl/α,β-unsaturated/α-hetero) is 1. The van der Waals surface area contributed by atoms with Gasteiger partial charge < -0.3 is 4.74 Å². The van der Waals surface area contributed by atoms with Gasteiger partial charge in [-0.05, 0) is 37.6 Å². The summed E-state index contributed by atoms with van der Waals surface area (Å²) in [4.78, 5) is 12.0. The fourth-order valence-electron chi connectivity index (χ4n) is 2.19. The van der Waals surface area contributed by atoms with Crippen LogP contribution in [0.3, 0.4) is 0 Å². The molecule has 1 aliphatic rings. The lowest BCUT2D eigenvalue weighted by molar-refractivity contribution is 0.102. The molecule has 0 aromatic heterocycles. The number of carbonyl (C=O) groups is 1. The van der Waals surface area contributed by atoms with E-state index in [0.29, 0.717) is 23.6 Å². The SMILES string of the molecule is CC1OCCC1S(=O)(=O)CC(=O)c1ccc(Cl)cc1. The van der Waals surface area contributed by atoms with Crippen molar-refractivity contribution in [1.82, 2.24) is 0 Å². The molecule has 2 unspecified atom stereocenters. The van der Waals surface area contributed by atoms with E-state index in [0.717, 1.165) is 0 Å². The van der Waals surface area contributed by atoms with Crippen molar-refractivity contribution in [2.75, 3.05) is 12.4 Å². The molecule has 1 aromatic rings. The van der Waals surface area contributed by atoms with Gasteiger partial charge in [0.1, 0.15) is 5.75 Å². The van der Waals surface area contributed by atoms with Crippen LogP contribution in [0, 0.1) is 0 Å². The number of halogens is 1. The summed E-state index contributed by atoms with van der Waals surface area (Å²) in [6.07, 6.45) is 0.111. The van der Waals surface area contributed by atoms with Gasteiger partial charge in [-0.3, -0.25) is 4.79 Å². The van der Waals surface area contributed by atoms with Crippen LogP contribution in [0.4, 0.5) is 0 Å². The smallest absolute Gasteiger partial charge is 0.177 e. The number of hydrogen-bond acceptors (Lipinski definition) is 4. The van der Waals surface area contributed by atoms with Crippen molar-refractivity contribution in [3.63, 3.8) is 0 Å². The molecule has 1 aliphatic heterocycles. The number of ketones is 1. The fourth-order valence-corrected chi connectivity index (χ4v) is 4.18. The van der Waals surface area contributed by atoms with Crippen LogP contribution in [0.5, 0.6) is 0 Å². The zero-order chi connectivity index (χ0) is 14.0. The Morgan fingerprint density at radius 2 is 2.00 bits per heavy atom. The normalized spacial score (nSPS) is 23.5. The van der Waals surface area contributed by atoms with Crippen LogP contribution in [0.25, 0.3) is 0 Å². The highest BCUT2D eigenvalue weighted by Crippen LogP contribution is 2.22. The van der Waals surface area contributed by atoms with Gasteiger partial charge >= 0.3 is 0 Å². The van der Waals surface area contributed by atoms with Crippen LogP contribution >= 0.6 is 11.6 Å². The Balaban J connectivity index is 2.12. The standard InChI is InChI=1S/C13H15ClO4S/c1-9-13(6-7-18-9)19(16,17)8-12(15)10-2-4-11(14)5-3-10/h2-5,9,13H,6-8H2,1H3. The van der Waals surface area contributed by atoms with E-state index in [-0.39, 0.29) is 6.10 Å². The molecule has 104 valence electrons. The second-order valence-corrected chi connectivity index (χ2v) is 7.30. The molecule has 1 aromatic carbocycles. The molecule has 0 radical (unpaired) electrons. The van der Waals surface area contributed by atoms with E-state index in [1.54, 1.807) is 19.1 Å². The summed E-state index contributed by atoms with van der Waals surface area (Å²) < 4.78 is 29.6. The Morgan fingerprint density at radius 1 is 1.37 bits per heavy atom. The maximum absolute atomic E-state index is 12.2. The minimum Gasteiger partial charge on any atom is -0.377 e. The minimum atomic E-state index is -3.47. The molecule has 1 heterocycles. The lowest BCUT2D eigenvalue weighted by atomic mass is 10.1. The van der Waals surface area contributed by atoms with Gasteiger partial charge in [0, 0.05) is 17.2 Å². The van der Waals surface area contributed by atoms with Crippen molar-refractivity contribution >= 4 is 27.2 Å². The molecule has 2 rings (SSSR count). The predicted octanol–water partition coefficient (Wildman–Crippen LogP) is 2.11. The second-order valence-electron chi connectivity index (χ2n) is 4.64. The molecule has 6 heteroatoms. The van der Waals surface area contributed by atoms with E-state index in [1.165, 1.54) is 12.1 Å². The Labute approximate surface area is 117 Å². The molecule has 1 saturated heterocycles. The van der Waals surface area contributed by atoms with Gasteiger partial charge in [0.05, 0.1) is 11.4 Å². The predicted molar refractivity (Wildman–Crippen MR) is 73.4 cm³/mol. The summed E-state index contributed by atoms with van der Waals surface area (Å²) in [5.41, 5.74) is 0.361. The Bertz CT molecular complexity index is 565. The van der Waals surface area contributed by atoms with Crippen molar-refractivity contribution in [1.29, 1.82) is 0 Å². The third-order valence-electron chi connectivity index (χ3n) is 3.27. The van der Waals surface area contributed by atoms with Gasteiger partial charge in [0.2, 0.25) is 0 Å². The molecule has 0 spiro atoms. The van der Waals surface area contributed by atoms with E-state index in [4.69, 9.17) is 16.3 Å². The molecular formula is C13H15ClO4S. The number of benzene rings is 1. The van der Waals surface area contributed by atoms with E-state index < -0.39 is 26.6 Å². The summed E-state index contributed by atoms with van der Waals surface area (Å²) in [5.74, 6) is -0.886. The number of hydrogen-bond donors (Lipinski definition) is 0. The maximum Gasteiger partial charge on any atom is 0.177 e.